The molecule has 280 valence electrons. The molecule has 0 spiro atoms. The van der Waals surface area contributed by atoms with E-state index in [2.05, 4.69) is 5.32 Å². The van der Waals surface area contributed by atoms with Gasteiger partial charge in [0.05, 0.1) is 32.8 Å². The number of aliphatic carboxylic acids is 1. The first-order valence-corrected chi connectivity index (χ1v) is 15.2. The molecule has 0 rings (SSSR count). The maximum absolute atomic E-state index is 12.5. The molecule has 6 amide bonds. The monoisotopic (exact) mass is 691 g/mol. The van der Waals surface area contributed by atoms with Gasteiger partial charge in [-0.15, -0.1) is 0 Å². The summed E-state index contributed by atoms with van der Waals surface area (Å²) in [5, 5.41) is 27.4. The Bertz CT molecular complexity index is 1050. The zero-order valence-electron chi connectivity index (χ0n) is 30.8. The number of primary amides is 2. The van der Waals surface area contributed by atoms with Gasteiger partial charge < -0.3 is 51.7 Å². The van der Waals surface area contributed by atoms with Crippen molar-refractivity contribution in [3.05, 3.63) is 23.3 Å². The third-order valence-electron chi connectivity index (χ3n) is 5.66. The molecular weight excluding hydrogens is 630 g/mol. The van der Waals surface area contributed by atoms with Crippen molar-refractivity contribution in [1.82, 2.24) is 24.9 Å². The van der Waals surface area contributed by atoms with E-state index in [1.54, 1.807) is 33.0 Å². The van der Waals surface area contributed by atoms with E-state index in [0.717, 1.165) is 28.2 Å². The lowest BCUT2D eigenvalue weighted by atomic mass is 10.1. The van der Waals surface area contributed by atoms with E-state index in [0.29, 0.717) is 17.6 Å². The Hall–Kier alpha value is -4.35. The lowest BCUT2D eigenvalue weighted by Crippen LogP contribution is -2.52. The molecule has 0 aromatic heterocycles. The third kappa shape index (κ3) is 26.8. The Balaban J connectivity index is -0.000000220. The topological polar surface area (TPSA) is 257 Å². The minimum Gasteiger partial charge on any atom is -0.478 e. The molecule has 0 radical (unpaired) electrons. The van der Waals surface area contributed by atoms with E-state index < -0.39 is 42.2 Å². The molecule has 8 N–H and O–H groups in total. The summed E-state index contributed by atoms with van der Waals surface area (Å²) in [5.74, 6) is -3.58. The molecule has 0 saturated carbocycles. The minimum absolute atomic E-state index is 0.0273. The molecule has 17 heteroatoms. The third-order valence-corrected chi connectivity index (χ3v) is 5.66. The van der Waals surface area contributed by atoms with Crippen molar-refractivity contribution in [2.24, 2.45) is 11.5 Å². The van der Waals surface area contributed by atoms with Crippen LogP contribution in [0.3, 0.4) is 0 Å². The summed E-state index contributed by atoms with van der Waals surface area (Å²) >= 11 is 0. The zero-order valence-corrected chi connectivity index (χ0v) is 30.8. The van der Waals surface area contributed by atoms with Gasteiger partial charge in [-0.2, -0.15) is 0 Å². The number of carboxylic acid groups (broad SMARTS) is 1. The largest absolute Gasteiger partial charge is 0.478 e. The van der Waals surface area contributed by atoms with Gasteiger partial charge >= 0.3 is 5.97 Å². The molecule has 0 aliphatic rings. The molecule has 0 fully saturated rings. The fourth-order valence-corrected chi connectivity index (χ4v) is 3.16. The highest BCUT2D eigenvalue weighted by molar-refractivity contribution is 5.97. The summed E-state index contributed by atoms with van der Waals surface area (Å²) in [6, 6.07) is -1.10. The predicted octanol–water partition coefficient (Wildman–Crippen LogP) is -1.22. The molecule has 0 aromatic rings. The Morgan fingerprint density at radius 3 is 1.44 bits per heavy atom. The SMILES string of the molecule is CC.CCC=C(C)C(=O)N(C)C(CO)C(=O)N(C)CC(=O)N(C)CC(N)=O.CCC=C(C)C(=O)O.CNCC(=O)N(C)CC(N)=O.CO. The molecule has 0 saturated heterocycles. The van der Waals surface area contributed by atoms with Crippen LogP contribution in [0.4, 0.5) is 0 Å². The fraction of sp³-hybridized carbons (Fsp3) is 0.645. The number of aliphatic hydroxyl groups excluding tert-OH is 2. The van der Waals surface area contributed by atoms with E-state index >= 15 is 0 Å². The van der Waals surface area contributed by atoms with Gasteiger partial charge in [0.1, 0.15) is 6.04 Å². The van der Waals surface area contributed by atoms with Gasteiger partial charge in [0.25, 0.3) is 0 Å². The molecule has 48 heavy (non-hydrogen) atoms. The van der Waals surface area contributed by atoms with Crippen LogP contribution in [0, 0.1) is 0 Å². The predicted molar refractivity (Wildman–Crippen MR) is 184 cm³/mol. The molecule has 0 aliphatic heterocycles. The number of hydrogen-bond acceptors (Lipinski definition) is 10. The number of aliphatic hydroxyl groups is 2. The fourth-order valence-electron chi connectivity index (χ4n) is 3.16. The average Bonchev–Trinajstić information content (AvgIpc) is 3.03. The van der Waals surface area contributed by atoms with Crippen LogP contribution in [-0.2, 0) is 33.6 Å². The normalized spacial score (nSPS) is 10.7. The number of allylic oxidation sites excluding steroid dienone is 2. The number of nitrogens with zero attached hydrogens (tertiary/aromatic N) is 4. The van der Waals surface area contributed by atoms with Crippen LogP contribution in [0.25, 0.3) is 0 Å². The van der Waals surface area contributed by atoms with Gasteiger partial charge in [-0.25, -0.2) is 4.79 Å². The van der Waals surface area contributed by atoms with E-state index in [1.165, 1.54) is 33.1 Å². The second-order valence-corrected chi connectivity index (χ2v) is 9.67. The van der Waals surface area contributed by atoms with Gasteiger partial charge in [0.2, 0.25) is 35.4 Å². The molecule has 0 heterocycles. The summed E-state index contributed by atoms with van der Waals surface area (Å²) in [6.07, 6.45) is 4.87. The number of likely N-dealkylation sites (N-methyl/N-ethyl adjacent to an activating group) is 5. The number of nitrogens with one attached hydrogen (secondary N) is 1. The quantitative estimate of drug-likeness (QED) is 0.111. The van der Waals surface area contributed by atoms with Gasteiger partial charge in [0, 0.05) is 46.4 Å². The summed E-state index contributed by atoms with van der Waals surface area (Å²) in [4.78, 5) is 83.5. The van der Waals surface area contributed by atoms with Gasteiger partial charge in [-0.1, -0.05) is 39.8 Å². The van der Waals surface area contributed by atoms with Crippen LogP contribution >= 0.6 is 0 Å². The first-order valence-electron chi connectivity index (χ1n) is 15.2. The van der Waals surface area contributed by atoms with E-state index in [9.17, 15) is 38.7 Å². The Morgan fingerprint density at radius 2 is 1.12 bits per heavy atom. The minimum atomic E-state index is -1.10. The van der Waals surface area contributed by atoms with Crippen LogP contribution in [0.2, 0.25) is 0 Å². The van der Waals surface area contributed by atoms with Crippen molar-refractivity contribution >= 4 is 41.4 Å². The van der Waals surface area contributed by atoms with E-state index in [-0.39, 0.29) is 38.0 Å². The summed E-state index contributed by atoms with van der Waals surface area (Å²) in [5.41, 5.74) is 10.8. The summed E-state index contributed by atoms with van der Waals surface area (Å²) in [7, 11) is 8.39. The first-order chi connectivity index (χ1) is 22.3. The van der Waals surface area contributed by atoms with Crippen molar-refractivity contribution in [2.45, 2.75) is 60.4 Å². The molecule has 0 aromatic carbocycles. The smallest absolute Gasteiger partial charge is 0.330 e. The highest BCUT2D eigenvalue weighted by Crippen LogP contribution is 2.08. The van der Waals surface area contributed by atoms with Gasteiger partial charge in [-0.05, 0) is 33.7 Å². The number of nitrogens with two attached hydrogens (primary N) is 2. The average molecular weight is 692 g/mol. The van der Waals surface area contributed by atoms with Gasteiger partial charge in [-0.3, -0.25) is 28.8 Å². The molecule has 1 unspecified atom stereocenters. The van der Waals surface area contributed by atoms with E-state index in [1.807, 2.05) is 27.7 Å². The van der Waals surface area contributed by atoms with Crippen molar-refractivity contribution in [3.63, 3.8) is 0 Å². The van der Waals surface area contributed by atoms with Crippen LogP contribution in [0.5, 0.6) is 0 Å². The van der Waals surface area contributed by atoms with Crippen molar-refractivity contribution in [2.75, 3.05) is 75.1 Å². The second kappa shape index (κ2) is 32.6. The highest BCUT2D eigenvalue weighted by Gasteiger charge is 2.30. The summed E-state index contributed by atoms with van der Waals surface area (Å²) < 4.78 is 0. The van der Waals surface area contributed by atoms with E-state index in [4.69, 9.17) is 21.7 Å². The Morgan fingerprint density at radius 1 is 0.729 bits per heavy atom. The van der Waals surface area contributed by atoms with Crippen LogP contribution in [-0.4, -0.2) is 158 Å². The number of carbonyl (C=O) groups excluding carboxylic acids is 6. The lowest BCUT2D eigenvalue weighted by Gasteiger charge is -2.30. The van der Waals surface area contributed by atoms with Gasteiger partial charge in [0.15, 0.2) is 0 Å². The van der Waals surface area contributed by atoms with Crippen LogP contribution in [0.1, 0.15) is 54.4 Å². The molecular formula is C31H61N7O10. The first kappa shape index (κ1) is 53.2. The Labute approximate surface area is 285 Å². The second-order valence-electron chi connectivity index (χ2n) is 9.67. The molecule has 17 nitrogen and oxygen atoms in total. The number of rotatable bonds is 15. The van der Waals surface area contributed by atoms with Crippen molar-refractivity contribution in [1.29, 1.82) is 0 Å². The standard InChI is InChI=1S/C16H28N4O5.C6H13N3O2.C6H10O2.C2H6.CH4O/c1-6-7-11(2)15(24)20(5)12(10-21)16(25)19(4)9-14(23)18(3)8-13(17)22;1-8-3-6(11)9(2)4-5(7)10;1-3-4-5(2)6(7)8;2*1-2/h7,12,21H,6,8-10H2,1-5H3,(H2,17,22);8H,3-4H2,1-2H3,(H2,7,10);4H,3H2,1-2H3,(H,7,8);1-2H3;2H,1H3. The number of hydrogen-bond donors (Lipinski definition) is 6. The number of amides is 6. The number of carboxylic acids is 1. The summed E-state index contributed by atoms with van der Waals surface area (Å²) in [6.45, 7) is 10.1. The lowest BCUT2D eigenvalue weighted by molar-refractivity contribution is -0.146. The molecule has 0 aliphatic carbocycles. The van der Waals surface area contributed by atoms with Crippen molar-refractivity contribution < 1.29 is 48.9 Å². The van der Waals surface area contributed by atoms with Crippen LogP contribution in [0.15, 0.2) is 23.3 Å². The maximum atomic E-state index is 12.5. The zero-order chi connectivity index (χ0) is 39.2. The van der Waals surface area contributed by atoms with Crippen LogP contribution < -0.4 is 16.8 Å². The number of carbonyl (C=O) groups is 7. The Kier molecular flexibility index (Phi) is 36.1. The maximum Gasteiger partial charge on any atom is 0.330 e. The molecule has 0 bridgehead atoms. The van der Waals surface area contributed by atoms with Crippen molar-refractivity contribution in [3.8, 4) is 0 Å². The molecule has 1 atom stereocenters. The highest BCUT2D eigenvalue weighted by atomic mass is 16.4.